The first-order valence-corrected chi connectivity index (χ1v) is 11.1. The van der Waals surface area contributed by atoms with Crippen LogP contribution in [0.2, 0.25) is 0 Å². The van der Waals surface area contributed by atoms with Gasteiger partial charge in [-0.3, -0.25) is 4.79 Å². The molecule has 4 aromatic rings. The molecule has 170 valence electrons. The molecule has 1 fully saturated rings. The van der Waals surface area contributed by atoms with Crippen LogP contribution in [-0.2, 0) is 9.53 Å². The lowest BCUT2D eigenvalue weighted by atomic mass is 10.0. The van der Waals surface area contributed by atoms with Gasteiger partial charge in [-0.15, -0.1) is 0 Å². The lowest BCUT2D eigenvalue weighted by molar-refractivity contribution is -0.111. The van der Waals surface area contributed by atoms with E-state index in [1.165, 1.54) is 6.08 Å². The second-order valence-electron chi connectivity index (χ2n) is 7.96. The minimum atomic E-state index is -0.253. The van der Waals surface area contributed by atoms with Gasteiger partial charge in [0.1, 0.15) is 11.9 Å². The van der Waals surface area contributed by atoms with E-state index < -0.39 is 0 Å². The van der Waals surface area contributed by atoms with Crippen molar-refractivity contribution in [3.63, 3.8) is 0 Å². The van der Waals surface area contributed by atoms with Crippen molar-refractivity contribution < 1.29 is 14.3 Å². The highest BCUT2D eigenvalue weighted by molar-refractivity contribution is 6.00. The second-order valence-corrected chi connectivity index (χ2v) is 7.96. The first-order valence-electron chi connectivity index (χ1n) is 11.1. The zero-order valence-corrected chi connectivity index (χ0v) is 18.5. The fourth-order valence-electron chi connectivity index (χ4n) is 3.85. The van der Waals surface area contributed by atoms with Gasteiger partial charge in [0, 0.05) is 34.9 Å². The average Bonchev–Trinajstić information content (AvgIpc) is 3.38. The summed E-state index contributed by atoms with van der Waals surface area (Å²) in [6.45, 7) is 4.89. The Morgan fingerprint density at radius 2 is 1.94 bits per heavy atom. The van der Waals surface area contributed by atoms with Crippen LogP contribution in [0.3, 0.4) is 0 Å². The van der Waals surface area contributed by atoms with Crippen molar-refractivity contribution in [2.24, 2.45) is 0 Å². The van der Waals surface area contributed by atoms with Crippen LogP contribution in [0.4, 0.5) is 17.3 Å². The number of carbonyl (C=O) groups excluding carboxylic acids is 1. The molecular weight excluding hydrogens is 428 g/mol. The summed E-state index contributed by atoms with van der Waals surface area (Å²) in [6.07, 6.45) is 4.08. The maximum Gasteiger partial charge on any atom is 0.247 e. The van der Waals surface area contributed by atoms with E-state index in [-0.39, 0.29) is 12.0 Å². The zero-order valence-electron chi connectivity index (χ0n) is 18.5. The number of rotatable bonds is 7. The van der Waals surface area contributed by atoms with Crippen molar-refractivity contribution >= 4 is 34.1 Å². The molecular formula is C27H24N4O3. The molecule has 2 heterocycles. The van der Waals surface area contributed by atoms with Crippen LogP contribution in [0.15, 0.2) is 85.6 Å². The molecule has 0 radical (unpaired) electrons. The molecule has 0 aliphatic carbocycles. The Labute approximate surface area is 197 Å². The molecule has 1 atom stereocenters. The number of nitrogens with zero attached hydrogens (tertiary/aromatic N) is 2. The monoisotopic (exact) mass is 452 g/mol. The number of ether oxygens (including phenoxy) is 2. The maximum atomic E-state index is 11.7. The van der Waals surface area contributed by atoms with E-state index in [0.717, 1.165) is 46.5 Å². The van der Waals surface area contributed by atoms with Crippen LogP contribution in [-0.4, -0.2) is 35.2 Å². The number of benzene rings is 3. The van der Waals surface area contributed by atoms with Gasteiger partial charge in [0.05, 0.1) is 18.7 Å². The molecule has 1 unspecified atom stereocenters. The molecule has 0 saturated carbocycles. The quantitative estimate of drug-likeness (QED) is 0.369. The summed E-state index contributed by atoms with van der Waals surface area (Å²) in [5, 5.41) is 6.99. The number of fused-ring (bicyclic) bond motifs is 1. The Morgan fingerprint density at radius 3 is 2.74 bits per heavy atom. The lowest BCUT2D eigenvalue weighted by Gasteiger charge is -2.13. The van der Waals surface area contributed by atoms with Crippen LogP contribution in [0.25, 0.3) is 22.0 Å². The second kappa shape index (κ2) is 9.72. The van der Waals surface area contributed by atoms with Gasteiger partial charge in [0.25, 0.3) is 0 Å². The smallest absolute Gasteiger partial charge is 0.247 e. The maximum absolute atomic E-state index is 11.7. The molecule has 34 heavy (non-hydrogen) atoms. The summed E-state index contributed by atoms with van der Waals surface area (Å²) < 4.78 is 11.3. The van der Waals surface area contributed by atoms with Crippen LogP contribution in [0.1, 0.15) is 6.42 Å². The van der Waals surface area contributed by atoms with Crippen molar-refractivity contribution in [2.45, 2.75) is 12.5 Å². The van der Waals surface area contributed by atoms with E-state index in [2.05, 4.69) is 22.2 Å². The van der Waals surface area contributed by atoms with Crippen molar-refractivity contribution in [2.75, 3.05) is 23.8 Å². The molecule has 1 aliphatic heterocycles. The van der Waals surface area contributed by atoms with Crippen LogP contribution in [0, 0.1) is 0 Å². The number of carbonyl (C=O) groups is 1. The fourth-order valence-corrected chi connectivity index (χ4v) is 3.85. The van der Waals surface area contributed by atoms with E-state index in [0.29, 0.717) is 18.2 Å². The predicted molar refractivity (Wildman–Crippen MR) is 133 cm³/mol. The van der Waals surface area contributed by atoms with E-state index in [4.69, 9.17) is 14.5 Å². The van der Waals surface area contributed by atoms with E-state index in [9.17, 15) is 4.79 Å². The standard InChI is InChI=1S/C27H24N4O3/c1-2-25(32)29-21-7-3-5-18(15-21)24-8-4-6-19-16-28-27(31-26(19)24)30-20-9-11-22(12-10-20)34-23-13-14-33-17-23/h2-12,15-16,23H,1,13-14,17H2,(H,29,32)(H,28,30,31). The molecule has 1 saturated heterocycles. The highest BCUT2D eigenvalue weighted by Crippen LogP contribution is 2.30. The molecule has 0 bridgehead atoms. The van der Waals surface area contributed by atoms with Crippen molar-refractivity contribution in [3.8, 4) is 16.9 Å². The fraction of sp³-hybridized carbons (Fsp3) is 0.148. The van der Waals surface area contributed by atoms with Crippen molar-refractivity contribution in [1.29, 1.82) is 0 Å². The molecule has 3 aromatic carbocycles. The number of hydrogen-bond acceptors (Lipinski definition) is 6. The summed E-state index contributed by atoms with van der Waals surface area (Å²) in [6, 6.07) is 21.3. The molecule has 7 heteroatoms. The van der Waals surface area contributed by atoms with Gasteiger partial charge < -0.3 is 20.1 Å². The number of para-hydroxylation sites is 1. The van der Waals surface area contributed by atoms with E-state index in [1.54, 1.807) is 6.20 Å². The lowest BCUT2D eigenvalue weighted by Crippen LogP contribution is -2.15. The van der Waals surface area contributed by atoms with Crippen molar-refractivity contribution in [1.82, 2.24) is 9.97 Å². The minimum Gasteiger partial charge on any atom is -0.488 e. The Morgan fingerprint density at radius 1 is 1.09 bits per heavy atom. The molecule has 1 aliphatic rings. The average molecular weight is 453 g/mol. The van der Waals surface area contributed by atoms with Gasteiger partial charge in [-0.25, -0.2) is 9.97 Å². The third-order valence-corrected chi connectivity index (χ3v) is 5.54. The predicted octanol–water partition coefficient (Wildman–Crippen LogP) is 5.33. The molecule has 1 aromatic heterocycles. The summed E-state index contributed by atoms with van der Waals surface area (Å²) in [7, 11) is 0. The van der Waals surface area contributed by atoms with Gasteiger partial charge in [0.2, 0.25) is 11.9 Å². The first kappa shape index (κ1) is 21.6. The molecule has 7 nitrogen and oxygen atoms in total. The summed E-state index contributed by atoms with van der Waals surface area (Å²) in [5.74, 6) is 1.05. The third-order valence-electron chi connectivity index (χ3n) is 5.54. The topological polar surface area (TPSA) is 85.4 Å². The Bertz CT molecular complexity index is 1330. The normalized spacial score (nSPS) is 15.1. The largest absolute Gasteiger partial charge is 0.488 e. The Kier molecular flexibility index (Phi) is 6.18. The number of aromatic nitrogens is 2. The molecule has 0 spiro atoms. The SMILES string of the molecule is C=CC(=O)Nc1cccc(-c2cccc3cnc(Nc4ccc(OC5CCOC5)cc4)nc23)c1. The van der Waals surface area contributed by atoms with E-state index in [1.807, 2.05) is 66.7 Å². The van der Waals surface area contributed by atoms with Gasteiger partial charge >= 0.3 is 0 Å². The molecule has 1 amide bonds. The van der Waals surface area contributed by atoms with Crippen LogP contribution in [0.5, 0.6) is 5.75 Å². The highest BCUT2D eigenvalue weighted by atomic mass is 16.5. The number of hydrogen-bond donors (Lipinski definition) is 2. The zero-order chi connectivity index (χ0) is 23.3. The van der Waals surface area contributed by atoms with Gasteiger partial charge in [0.15, 0.2) is 0 Å². The molecule has 2 N–H and O–H groups in total. The van der Waals surface area contributed by atoms with Crippen molar-refractivity contribution in [3.05, 3.63) is 85.6 Å². The summed E-state index contributed by atoms with van der Waals surface area (Å²) >= 11 is 0. The first-order chi connectivity index (χ1) is 16.7. The summed E-state index contributed by atoms with van der Waals surface area (Å²) in [4.78, 5) is 21.0. The van der Waals surface area contributed by atoms with Gasteiger partial charge in [-0.05, 0) is 48.0 Å². The third kappa shape index (κ3) is 4.89. The van der Waals surface area contributed by atoms with Crippen LogP contribution >= 0.6 is 0 Å². The number of amides is 1. The van der Waals surface area contributed by atoms with Gasteiger partial charge in [-0.1, -0.05) is 36.9 Å². The Hall–Kier alpha value is -4.23. The number of nitrogens with one attached hydrogen (secondary N) is 2. The Balaban J connectivity index is 1.39. The minimum absolute atomic E-state index is 0.115. The number of anilines is 3. The summed E-state index contributed by atoms with van der Waals surface area (Å²) in [5.41, 5.74) is 4.25. The molecule has 5 rings (SSSR count). The van der Waals surface area contributed by atoms with Crippen LogP contribution < -0.4 is 15.4 Å². The van der Waals surface area contributed by atoms with Gasteiger partial charge in [-0.2, -0.15) is 0 Å². The highest BCUT2D eigenvalue weighted by Gasteiger charge is 2.17. The van der Waals surface area contributed by atoms with E-state index >= 15 is 0 Å².